The van der Waals surface area contributed by atoms with Gasteiger partial charge < -0.3 is 9.53 Å². The molecule has 0 fully saturated rings. The Morgan fingerprint density at radius 2 is 1.73 bits per heavy atom. The van der Waals surface area contributed by atoms with Crippen molar-refractivity contribution < 1.29 is 19.1 Å². The van der Waals surface area contributed by atoms with Crippen molar-refractivity contribution in [1.29, 1.82) is 0 Å². The number of ketones is 2. The standard InChI is InChI=1S/C21H26O4Si/c1-14-13-18(23)19(20(14)24)17(22)12-9-15-7-10-16(11-8-15)25-26(5,6)21(2,3)4/h7-13,24H,1-6H3/b12-9+. The quantitative estimate of drug-likeness (QED) is 0.450. The Labute approximate surface area is 156 Å². The topological polar surface area (TPSA) is 63.6 Å². The maximum Gasteiger partial charge on any atom is 0.250 e. The van der Waals surface area contributed by atoms with E-state index >= 15 is 0 Å². The molecule has 1 N–H and O–H groups in total. The highest BCUT2D eigenvalue weighted by Crippen LogP contribution is 2.37. The molecule has 0 saturated heterocycles. The monoisotopic (exact) mass is 370 g/mol. The Morgan fingerprint density at radius 1 is 1.15 bits per heavy atom. The Bertz CT molecular complexity index is 819. The Hall–Kier alpha value is -2.40. The third kappa shape index (κ3) is 4.22. The van der Waals surface area contributed by atoms with E-state index < -0.39 is 19.9 Å². The number of benzene rings is 1. The molecule has 0 amide bonds. The molecule has 4 nitrogen and oxygen atoms in total. The van der Waals surface area contributed by atoms with Crippen LogP contribution < -0.4 is 4.43 Å². The van der Waals surface area contributed by atoms with Gasteiger partial charge in [0.05, 0.1) is 0 Å². The predicted molar refractivity (Wildman–Crippen MR) is 107 cm³/mol. The van der Waals surface area contributed by atoms with Crippen molar-refractivity contribution in [2.75, 3.05) is 0 Å². The van der Waals surface area contributed by atoms with Crippen LogP contribution in [0.15, 0.2) is 53.3 Å². The van der Waals surface area contributed by atoms with Crippen LogP contribution in [0.2, 0.25) is 18.1 Å². The van der Waals surface area contributed by atoms with Crippen LogP contribution >= 0.6 is 0 Å². The first-order valence-corrected chi connectivity index (χ1v) is 11.5. The van der Waals surface area contributed by atoms with Crippen LogP contribution in [-0.2, 0) is 9.59 Å². The first-order valence-electron chi connectivity index (χ1n) is 8.60. The molecule has 2 rings (SSSR count). The summed E-state index contributed by atoms with van der Waals surface area (Å²) in [6.07, 6.45) is 4.20. The summed E-state index contributed by atoms with van der Waals surface area (Å²) in [5, 5.41) is 9.95. The molecule has 138 valence electrons. The summed E-state index contributed by atoms with van der Waals surface area (Å²) < 4.78 is 6.22. The second-order valence-electron chi connectivity index (χ2n) is 8.04. The average molecular weight is 371 g/mol. The number of carbonyl (C=O) groups excluding carboxylic acids is 2. The molecule has 1 aromatic rings. The zero-order valence-corrected chi connectivity index (χ0v) is 17.2. The van der Waals surface area contributed by atoms with Crippen LogP contribution in [0.1, 0.15) is 33.3 Å². The van der Waals surface area contributed by atoms with E-state index in [4.69, 9.17) is 4.43 Å². The molecule has 0 heterocycles. The first-order chi connectivity index (χ1) is 11.9. The van der Waals surface area contributed by atoms with Crippen molar-refractivity contribution in [3.63, 3.8) is 0 Å². The van der Waals surface area contributed by atoms with Crippen LogP contribution in [0.3, 0.4) is 0 Å². The highest BCUT2D eigenvalue weighted by molar-refractivity contribution is 6.74. The molecule has 1 aromatic carbocycles. The molecule has 0 atom stereocenters. The van der Waals surface area contributed by atoms with E-state index in [-0.39, 0.29) is 16.4 Å². The summed E-state index contributed by atoms with van der Waals surface area (Å²) in [6, 6.07) is 7.49. The van der Waals surface area contributed by atoms with Crippen LogP contribution in [-0.4, -0.2) is 25.0 Å². The fraction of sp³-hybridized carbons (Fsp3) is 0.333. The van der Waals surface area contributed by atoms with Crippen molar-refractivity contribution in [2.45, 2.75) is 45.8 Å². The van der Waals surface area contributed by atoms with Gasteiger partial charge in [-0.2, -0.15) is 0 Å². The number of carbonyl (C=O) groups is 2. The fourth-order valence-electron chi connectivity index (χ4n) is 2.24. The minimum absolute atomic E-state index is 0.119. The number of rotatable bonds is 5. The molecule has 0 bridgehead atoms. The summed E-state index contributed by atoms with van der Waals surface area (Å²) in [6.45, 7) is 12.5. The fourth-order valence-corrected chi connectivity index (χ4v) is 3.27. The average Bonchev–Trinajstić information content (AvgIpc) is 2.77. The molecule has 0 saturated carbocycles. The number of hydrogen-bond donors (Lipinski definition) is 1. The van der Waals surface area contributed by atoms with Gasteiger partial charge in [-0.25, -0.2) is 0 Å². The predicted octanol–water partition coefficient (Wildman–Crippen LogP) is 4.99. The van der Waals surface area contributed by atoms with E-state index in [0.717, 1.165) is 11.3 Å². The second kappa shape index (κ2) is 7.07. The summed E-state index contributed by atoms with van der Waals surface area (Å²) >= 11 is 0. The number of aliphatic hydroxyl groups excluding tert-OH is 1. The molecule has 0 spiro atoms. The van der Waals surface area contributed by atoms with E-state index in [2.05, 4.69) is 33.9 Å². The summed E-state index contributed by atoms with van der Waals surface area (Å²) in [5.74, 6) is -0.371. The van der Waals surface area contributed by atoms with Gasteiger partial charge in [0.15, 0.2) is 11.6 Å². The van der Waals surface area contributed by atoms with Gasteiger partial charge in [0.25, 0.3) is 0 Å². The lowest BCUT2D eigenvalue weighted by atomic mass is 10.1. The molecule has 0 aliphatic heterocycles. The maximum absolute atomic E-state index is 12.2. The number of hydrogen-bond acceptors (Lipinski definition) is 4. The third-order valence-corrected chi connectivity index (χ3v) is 9.30. The first kappa shape index (κ1) is 19.9. The molecule has 0 unspecified atom stereocenters. The largest absolute Gasteiger partial charge is 0.544 e. The summed E-state index contributed by atoms with van der Waals surface area (Å²) in [7, 11) is -1.89. The smallest absolute Gasteiger partial charge is 0.250 e. The molecule has 5 heteroatoms. The van der Waals surface area contributed by atoms with E-state index in [1.54, 1.807) is 13.0 Å². The normalized spacial score (nSPS) is 15.6. The van der Waals surface area contributed by atoms with Crippen LogP contribution in [0.5, 0.6) is 5.75 Å². The van der Waals surface area contributed by atoms with Gasteiger partial charge >= 0.3 is 0 Å². The lowest BCUT2D eigenvalue weighted by Gasteiger charge is -2.36. The van der Waals surface area contributed by atoms with Gasteiger partial charge in [-0.15, -0.1) is 0 Å². The highest BCUT2D eigenvalue weighted by Gasteiger charge is 2.38. The molecule has 1 aliphatic rings. The van der Waals surface area contributed by atoms with Crippen LogP contribution in [0, 0.1) is 0 Å². The Morgan fingerprint density at radius 3 is 2.19 bits per heavy atom. The lowest BCUT2D eigenvalue weighted by Crippen LogP contribution is -2.43. The number of allylic oxidation sites excluding steroid dienone is 4. The zero-order chi connectivity index (χ0) is 19.7. The van der Waals surface area contributed by atoms with Crippen LogP contribution in [0.25, 0.3) is 6.08 Å². The Kier molecular flexibility index (Phi) is 5.42. The third-order valence-electron chi connectivity index (χ3n) is 4.94. The minimum Gasteiger partial charge on any atom is -0.544 e. The van der Waals surface area contributed by atoms with Crippen LogP contribution in [0.4, 0.5) is 0 Å². The van der Waals surface area contributed by atoms with E-state index in [1.165, 1.54) is 12.2 Å². The Balaban J connectivity index is 2.09. The van der Waals surface area contributed by atoms with Crippen molar-refractivity contribution in [1.82, 2.24) is 0 Å². The second-order valence-corrected chi connectivity index (χ2v) is 12.8. The van der Waals surface area contributed by atoms with Crippen molar-refractivity contribution in [3.8, 4) is 5.75 Å². The number of aliphatic hydroxyl groups is 1. The minimum atomic E-state index is -1.89. The van der Waals surface area contributed by atoms with Crippen molar-refractivity contribution >= 4 is 26.0 Å². The van der Waals surface area contributed by atoms with E-state index in [1.807, 2.05) is 24.3 Å². The van der Waals surface area contributed by atoms with Gasteiger partial charge in [0.2, 0.25) is 8.32 Å². The van der Waals surface area contributed by atoms with Crippen molar-refractivity contribution in [3.05, 3.63) is 58.9 Å². The molecule has 0 radical (unpaired) electrons. The molecule has 1 aliphatic carbocycles. The molecular formula is C21H26O4Si. The van der Waals surface area contributed by atoms with E-state index in [0.29, 0.717) is 5.57 Å². The molecule has 26 heavy (non-hydrogen) atoms. The lowest BCUT2D eigenvalue weighted by molar-refractivity contribution is -0.116. The maximum atomic E-state index is 12.2. The zero-order valence-electron chi connectivity index (χ0n) is 16.2. The van der Waals surface area contributed by atoms with Gasteiger partial charge in [0, 0.05) is 0 Å². The summed E-state index contributed by atoms with van der Waals surface area (Å²) in [4.78, 5) is 23.9. The van der Waals surface area contributed by atoms with E-state index in [9.17, 15) is 14.7 Å². The van der Waals surface area contributed by atoms with Gasteiger partial charge in [-0.1, -0.05) is 39.0 Å². The van der Waals surface area contributed by atoms with Gasteiger partial charge in [0.1, 0.15) is 17.1 Å². The SMILES string of the molecule is CC1=CC(=O)C(C(=O)/C=C/c2ccc(O[Si](C)(C)C(C)(C)C)cc2)=C1O. The van der Waals surface area contributed by atoms with Crippen molar-refractivity contribution in [2.24, 2.45) is 0 Å². The van der Waals surface area contributed by atoms with Gasteiger partial charge in [-0.05, 0) is 60.5 Å². The molecular weight excluding hydrogens is 344 g/mol. The molecule has 0 aromatic heterocycles. The summed E-state index contributed by atoms with van der Waals surface area (Å²) in [5.41, 5.74) is 1.06. The highest BCUT2D eigenvalue weighted by atomic mass is 28.4. The van der Waals surface area contributed by atoms with Gasteiger partial charge in [-0.3, -0.25) is 9.59 Å².